The Morgan fingerprint density at radius 3 is 2.46 bits per heavy atom. The molecule has 0 radical (unpaired) electrons. The Morgan fingerprint density at radius 2 is 1.79 bits per heavy atom. The van der Waals surface area contributed by atoms with Crippen LogP contribution in [0.5, 0.6) is 0 Å². The minimum atomic E-state index is -0.872. The zero-order valence-corrected chi connectivity index (χ0v) is 13.6. The first-order valence-electron chi connectivity index (χ1n) is 7.77. The van der Waals surface area contributed by atoms with E-state index in [-0.39, 0.29) is 18.4 Å². The van der Waals surface area contributed by atoms with Crippen LogP contribution in [0.4, 0.5) is 14.9 Å². The summed E-state index contributed by atoms with van der Waals surface area (Å²) in [5.74, 6) is -0.362. The van der Waals surface area contributed by atoms with Crippen molar-refractivity contribution in [1.29, 1.82) is 0 Å². The van der Waals surface area contributed by atoms with Crippen LogP contribution in [0.2, 0.25) is 0 Å². The van der Waals surface area contributed by atoms with Gasteiger partial charge in [-0.3, -0.25) is 0 Å². The molecule has 0 aliphatic carbocycles. The van der Waals surface area contributed by atoms with E-state index in [0.717, 1.165) is 5.69 Å². The fraction of sp³-hybridized carbons (Fsp3) is 0.278. The smallest absolute Gasteiger partial charge is 0.314 e. The third-order valence-electron chi connectivity index (χ3n) is 3.64. The van der Waals surface area contributed by atoms with Gasteiger partial charge >= 0.3 is 6.03 Å². The number of halogens is 1. The highest BCUT2D eigenvalue weighted by atomic mass is 19.1. The fourth-order valence-electron chi connectivity index (χ4n) is 2.20. The maximum atomic E-state index is 12.8. The molecule has 0 aliphatic rings. The zero-order chi connectivity index (χ0) is 17.4. The maximum absolute atomic E-state index is 12.8. The fourth-order valence-corrected chi connectivity index (χ4v) is 2.20. The van der Waals surface area contributed by atoms with E-state index in [1.165, 1.54) is 24.3 Å². The number of carbonyl (C=O) groups excluding carboxylic acids is 1. The minimum absolute atomic E-state index is 0.0615. The predicted molar refractivity (Wildman–Crippen MR) is 92.5 cm³/mol. The Balaban J connectivity index is 1.67. The van der Waals surface area contributed by atoms with Crippen molar-refractivity contribution in [3.05, 3.63) is 66.0 Å². The molecule has 0 bridgehead atoms. The normalized spacial score (nSPS) is 11.6. The molecule has 24 heavy (non-hydrogen) atoms. The number of aliphatic hydroxyl groups is 1. The first-order valence-corrected chi connectivity index (χ1v) is 7.77. The summed E-state index contributed by atoms with van der Waals surface area (Å²) in [6.07, 6.45) is -0.872. The van der Waals surface area contributed by atoms with Crippen LogP contribution in [0.1, 0.15) is 11.7 Å². The quantitative estimate of drug-likeness (QED) is 0.729. The maximum Gasteiger partial charge on any atom is 0.314 e. The SMILES string of the molecule is CN(CCNC(=O)NCC(O)c1ccc(F)cc1)c1ccccc1. The molecule has 0 spiro atoms. The van der Waals surface area contributed by atoms with Gasteiger partial charge in [0.15, 0.2) is 0 Å². The van der Waals surface area contributed by atoms with Gasteiger partial charge < -0.3 is 20.6 Å². The van der Waals surface area contributed by atoms with Gasteiger partial charge in [-0.25, -0.2) is 9.18 Å². The highest BCUT2D eigenvalue weighted by molar-refractivity contribution is 5.73. The Kier molecular flexibility index (Phi) is 6.57. The molecule has 6 heteroatoms. The number of hydrogen-bond acceptors (Lipinski definition) is 3. The Hall–Kier alpha value is -2.60. The molecule has 3 N–H and O–H groups in total. The topological polar surface area (TPSA) is 64.6 Å². The summed E-state index contributed by atoms with van der Waals surface area (Å²) >= 11 is 0. The second-order valence-electron chi connectivity index (χ2n) is 5.46. The predicted octanol–water partition coefficient (Wildman–Crippen LogP) is 2.29. The number of nitrogens with zero attached hydrogens (tertiary/aromatic N) is 1. The number of nitrogens with one attached hydrogen (secondary N) is 2. The number of amides is 2. The molecule has 0 fully saturated rings. The molecule has 2 amide bonds. The molecule has 1 atom stereocenters. The third kappa shape index (κ3) is 5.55. The number of benzene rings is 2. The lowest BCUT2D eigenvalue weighted by atomic mass is 10.1. The van der Waals surface area contributed by atoms with Crippen LogP contribution in [0, 0.1) is 5.82 Å². The third-order valence-corrected chi connectivity index (χ3v) is 3.64. The van der Waals surface area contributed by atoms with Crippen LogP contribution < -0.4 is 15.5 Å². The Bertz CT molecular complexity index is 634. The van der Waals surface area contributed by atoms with Crippen molar-refractivity contribution in [2.45, 2.75) is 6.10 Å². The van der Waals surface area contributed by atoms with Crippen molar-refractivity contribution < 1.29 is 14.3 Å². The van der Waals surface area contributed by atoms with Gasteiger partial charge in [-0.2, -0.15) is 0 Å². The van der Waals surface area contributed by atoms with Crippen molar-refractivity contribution in [3.63, 3.8) is 0 Å². The lowest BCUT2D eigenvalue weighted by Gasteiger charge is -2.19. The summed E-state index contributed by atoms with van der Waals surface area (Å²) in [6.45, 7) is 1.20. The largest absolute Gasteiger partial charge is 0.387 e. The highest BCUT2D eigenvalue weighted by Crippen LogP contribution is 2.12. The number of carbonyl (C=O) groups is 1. The van der Waals surface area contributed by atoms with E-state index in [9.17, 15) is 14.3 Å². The molecule has 1 unspecified atom stereocenters. The van der Waals surface area contributed by atoms with Crippen molar-refractivity contribution in [1.82, 2.24) is 10.6 Å². The number of hydrogen-bond donors (Lipinski definition) is 3. The van der Waals surface area contributed by atoms with E-state index >= 15 is 0 Å². The average Bonchev–Trinajstić information content (AvgIpc) is 2.61. The molecule has 2 rings (SSSR count). The first-order chi connectivity index (χ1) is 11.6. The summed E-state index contributed by atoms with van der Waals surface area (Å²) < 4.78 is 12.8. The van der Waals surface area contributed by atoms with E-state index in [1.54, 1.807) is 0 Å². The molecule has 2 aromatic carbocycles. The van der Waals surface area contributed by atoms with E-state index in [0.29, 0.717) is 18.7 Å². The lowest BCUT2D eigenvalue weighted by Crippen LogP contribution is -2.41. The van der Waals surface area contributed by atoms with Gasteiger partial charge in [0.1, 0.15) is 5.82 Å². The molecule has 0 saturated heterocycles. The van der Waals surface area contributed by atoms with Crippen LogP contribution in [0.3, 0.4) is 0 Å². The number of anilines is 1. The van der Waals surface area contributed by atoms with Crippen molar-refractivity contribution in [2.24, 2.45) is 0 Å². The zero-order valence-electron chi connectivity index (χ0n) is 13.6. The second-order valence-corrected chi connectivity index (χ2v) is 5.46. The van der Waals surface area contributed by atoms with Crippen molar-refractivity contribution in [2.75, 3.05) is 31.6 Å². The lowest BCUT2D eigenvalue weighted by molar-refractivity contribution is 0.173. The summed E-state index contributed by atoms with van der Waals surface area (Å²) in [7, 11) is 1.95. The van der Waals surface area contributed by atoms with Crippen molar-refractivity contribution in [3.8, 4) is 0 Å². The van der Waals surface area contributed by atoms with Crippen LogP contribution in [-0.2, 0) is 0 Å². The minimum Gasteiger partial charge on any atom is -0.387 e. The summed E-state index contributed by atoms with van der Waals surface area (Å²) in [5.41, 5.74) is 1.63. The van der Waals surface area contributed by atoms with Gasteiger partial charge in [0.25, 0.3) is 0 Å². The summed E-state index contributed by atoms with van der Waals surface area (Å²) in [6, 6.07) is 15.1. The Morgan fingerprint density at radius 1 is 1.12 bits per heavy atom. The number of aliphatic hydroxyl groups excluding tert-OH is 1. The second kappa shape index (κ2) is 8.88. The monoisotopic (exact) mass is 331 g/mol. The average molecular weight is 331 g/mol. The molecule has 0 saturated carbocycles. The van der Waals surface area contributed by atoms with Crippen LogP contribution in [0.25, 0.3) is 0 Å². The van der Waals surface area contributed by atoms with Gasteiger partial charge in [-0.1, -0.05) is 30.3 Å². The number of rotatable bonds is 7. The van der Waals surface area contributed by atoms with E-state index in [4.69, 9.17) is 0 Å². The standard InChI is InChI=1S/C18H22FN3O2/c1-22(16-5-3-2-4-6-16)12-11-20-18(24)21-13-17(23)14-7-9-15(19)10-8-14/h2-10,17,23H,11-13H2,1H3,(H2,20,21,24). The number of urea groups is 1. The molecule has 128 valence electrons. The van der Waals surface area contributed by atoms with E-state index < -0.39 is 6.10 Å². The summed E-state index contributed by atoms with van der Waals surface area (Å²) in [4.78, 5) is 13.8. The first kappa shape index (κ1) is 17.7. The molecular formula is C18H22FN3O2. The number of likely N-dealkylation sites (N-methyl/N-ethyl adjacent to an activating group) is 1. The number of para-hydroxylation sites is 1. The van der Waals surface area contributed by atoms with E-state index in [2.05, 4.69) is 10.6 Å². The van der Waals surface area contributed by atoms with Crippen LogP contribution in [-0.4, -0.2) is 37.8 Å². The van der Waals surface area contributed by atoms with Gasteiger partial charge in [-0.05, 0) is 29.8 Å². The molecule has 5 nitrogen and oxygen atoms in total. The highest BCUT2D eigenvalue weighted by Gasteiger charge is 2.09. The van der Waals surface area contributed by atoms with E-state index in [1.807, 2.05) is 42.3 Å². The molecule has 2 aromatic rings. The van der Waals surface area contributed by atoms with Crippen LogP contribution >= 0.6 is 0 Å². The van der Waals surface area contributed by atoms with Crippen molar-refractivity contribution >= 4 is 11.7 Å². The van der Waals surface area contributed by atoms with Gasteiger partial charge in [0.2, 0.25) is 0 Å². The molecule has 0 aromatic heterocycles. The van der Waals surface area contributed by atoms with Gasteiger partial charge in [0, 0.05) is 32.4 Å². The molecular weight excluding hydrogens is 309 g/mol. The van der Waals surface area contributed by atoms with Gasteiger partial charge in [-0.15, -0.1) is 0 Å². The van der Waals surface area contributed by atoms with Crippen LogP contribution in [0.15, 0.2) is 54.6 Å². The molecule has 0 heterocycles. The molecule has 0 aliphatic heterocycles. The Labute approximate surface area is 141 Å². The summed E-state index contributed by atoms with van der Waals surface area (Å²) in [5, 5.41) is 15.3. The van der Waals surface area contributed by atoms with Gasteiger partial charge in [0.05, 0.1) is 6.10 Å².